The van der Waals surface area contributed by atoms with E-state index in [1.807, 2.05) is 0 Å². The van der Waals surface area contributed by atoms with Gasteiger partial charge in [0.1, 0.15) is 5.02 Å². The van der Waals surface area contributed by atoms with Gasteiger partial charge in [-0.05, 0) is 37.9 Å². The van der Waals surface area contributed by atoms with Crippen LogP contribution in [0.25, 0.3) is 0 Å². The molecule has 0 radical (unpaired) electrons. The van der Waals surface area contributed by atoms with E-state index in [1.165, 1.54) is 12.1 Å². The molecule has 7 heteroatoms. The summed E-state index contributed by atoms with van der Waals surface area (Å²) >= 11 is 5.86. The third-order valence-corrected chi connectivity index (χ3v) is 3.68. The summed E-state index contributed by atoms with van der Waals surface area (Å²) in [5.74, 6) is -0.127. The predicted octanol–water partition coefficient (Wildman–Crippen LogP) is 2.64. The molecule has 2 rings (SSSR count). The van der Waals surface area contributed by atoms with Gasteiger partial charge in [-0.3, -0.25) is 14.9 Å². The third-order valence-electron chi connectivity index (χ3n) is 3.38. The van der Waals surface area contributed by atoms with Crippen molar-refractivity contribution in [3.63, 3.8) is 0 Å². The first-order valence-electron chi connectivity index (χ1n) is 6.48. The van der Waals surface area contributed by atoms with Gasteiger partial charge in [0.25, 0.3) is 5.69 Å². The summed E-state index contributed by atoms with van der Waals surface area (Å²) in [7, 11) is 0. The minimum absolute atomic E-state index is 0.0208. The lowest BCUT2D eigenvalue weighted by atomic mass is 10.0. The second-order valence-corrected chi connectivity index (χ2v) is 5.27. The summed E-state index contributed by atoms with van der Waals surface area (Å²) in [4.78, 5) is 22.3. The first-order chi connectivity index (χ1) is 9.49. The van der Waals surface area contributed by atoms with Crippen LogP contribution in [0.2, 0.25) is 5.02 Å². The Morgan fingerprint density at radius 3 is 2.85 bits per heavy atom. The standard InChI is InChI=1S/C13H16ClN3O3/c1-8-6-12(17(19)20)9(14)7-11(8)16-13(18)10-4-2-3-5-15-10/h6-7,10,15H,2-5H2,1H3,(H,16,18)/t10-/m1/s1. The number of amides is 1. The van der Waals surface area contributed by atoms with E-state index in [2.05, 4.69) is 10.6 Å². The number of carbonyl (C=O) groups excluding carboxylic acids is 1. The molecule has 1 aliphatic rings. The summed E-state index contributed by atoms with van der Waals surface area (Å²) in [6.07, 6.45) is 2.89. The molecule has 108 valence electrons. The molecule has 1 fully saturated rings. The molecule has 1 atom stereocenters. The Hall–Kier alpha value is -1.66. The number of piperidine rings is 1. The van der Waals surface area contributed by atoms with Crippen molar-refractivity contribution >= 4 is 28.9 Å². The number of carbonyl (C=O) groups is 1. The van der Waals surface area contributed by atoms with Crippen LogP contribution in [-0.4, -0.2) is 23.4 Å². The highest BCUT2D eigenvalue weighted by molar-refractivity contribution is 6.33. The van der Waals surface area contributed by atoms with Crippen molar-refractivity contribution in [2.45, 2.75) is 32.2 Å². The second kappa shape index (κ2) is 6.19. The Labute approximate surface area is 121 Å². The molecule has 1 heterocycles. The average molecular weight is 298 g/mol. The summed E-state index contributed by atoms with van der Waals surface area (Å²) in [5.41, 5.74) is 0.973. The zero-order chi connectivity index (χ0) is 14.7. The summed E-state index contributed by atoms with van der Waals surface area (Å²) in [5, 5.41) is 16.7. The number of nitrogens with zero attached hydrogens (tertiary/aromatic N) is 1. The summed E-state index contributed by atoms with van der Waals surface area (Å²) in [6, 6.07) is 2.58. The van der Waals surface area contributed by atoms with Crippen molar-refractivity contribution in [2.75, 3.05) is 11.9 Å². The van der Waals surface area contributed by atoms with Crippen LogP contribution in [0.5, 0.6) is 0 Å². The first-order valence-corrected chi connectivity index (χ1v) is 6.85. The van der Waals surface area contributed by atoms with E-state index in [0.29, 0.717) is 11.3 Å². The Morgan fingerprint density at radius 2 is 2.25 bits per heavy atom. The number of hydrogen-bond donors (Lipinski definition) is 2. The fraction of sp³-hybridized carbons (Fsp3) is 0.462. The molecular weight excluding hydrogens is 282 g/mol. The normalized spacial score (nSPS) is 18.6. The zero-order valence-corrected chi connectivity index (χ0v) is 11.9. The molecule has 0 aromatic heterocycles. The van der Waals surface area contributed by atoms with Crippen LogP contribution in [0.3, 0.4) is 0 Å². The van der Waals surface area contributed by atoms with Crippen molar-refractivity contribution in [1.82, 2.24) is 5.32 Å². The second-order valence-electron chi connectivity index (χ2n) is 4.87. The summed E-state index contributed by atoms with van der Waals surface area (Å²) < 4.78 is 0. The van der Waals surface area contributed by atoms with Gasteiger partial charge >= 0.3 is 0 Å². The highest BCUT2D eigenvalue weighted by atomic mass is 35.5. The van der Waals surface area contributed by atoms with Gasteiger partial charge in [0.05, 0.1) is 11.0 Å². The SMILES string of the molecule is Cc1cc([N+](=O)[O-])c(Cl)cc1NC(=O)[C@H]1CCCCN1. The van der Waals surface area contributed by atoms with Crippen molar-refractivity contribution in [3.8, 4) is 0 Å². The highest BCUT2D eigenvalue weighted by Gasteiger charge is 2.22. The van der Waals surface area contributed by atoms with E-state index in [-0.39, 0.29) is 22.7 Å². The van der Waals surface area contributed by atoms with Gasteiger partial charge in [0.2, 0.25) is 5.91 Å². The minimum atomic E-state index is -0.538. The van der Waals surface area contributed by atoms with Crippen LogP contribution >= 0.6 is 11.6 Å². The number of hydrogen-bond acceptors (Lipinski definition) is 4. The van der Waals surface area contributed by atoms with E-state index in [0.717, 1.165) is 25.8 Å². The van der Waals surface area contributed by atoms with E-state index in [4.69, 9.17) is 11.6 Å². The molecular formula is C13H16ClN3O3. The molecule has 20 heavy (non-hydrogen) atoms. The third kappa shape index (κ3) is 3.26. The lowest BCUT2D eigenvalue weighted by Gasteiger charge is -2.23. The van der Waals surface area contributed by atoms with E-state index in [9.17, 15) is 14.9 Å². The minimum Gasteiger partial charge on any atom is -0.324 e. The molecule has 6 nitrogen and oxygen atoms in total. The smallest absolute Gasteiger partial charge is 0.288 e. The van der Waals surface area contributed by atoms with Crippen molar-refractivity contribution in [2.24, 2.45) is 0 Å². The molecule has 0 saturated carbocycles. The number of anilines is 1. The Morgan fingerprint density at radius 1 is 1.50 bits per heavy atom. The molecule has 0 bridgehead atoms. The Kier molecular flexibility index (Phi) is 4.57. The van der Waals surface area contributed by atoms with Crippen molar-refractivity contribution in [1.29, 1.82) is 0 Å². The highest BCUT2D eigenvalue weighted by Crippen LogP contribution is 2.30. The number of benzene rings is 1. The number of nitro groups is 1. The molecule has 1 amide bonds. The van der Waals surface area contributed by atoms with Crippen LogP contribution in [0.1, 0.15) is 24.8 Å². The Bertz CT molecular complexity index is 542. The van der Waals surface area contributed by atoms with Crippen molar-refractivity contribution < 1.29 is 9.72 Å². The number of nitrogens with one attached hydrogen (secondary N) is 2. The van der Waals surface area contributed by atoms with Crippen molar-refractivity contribution in [3.05, 3.63) is 32.8 Å². The average Bonchev–Trinajstić information content (AvgIpc) is 2.43. The fourth-order valence-electron chi connectivity index (χ4n) is 2.24. The largest absolute Gasteiger partial charge is 0.324 e. The number of nitro benzene ring substituents is 1. The van der Waals surface area contributed by atoms with E-state index < -0.39 is 4.92 Å². The molecule has 0 unspecified atom stereocenters. The lowest BCUT2D eigenvalue weighted by Crippen LogP contribution is -2.43. The van der Waals surface area contributed by atoms with Crippen LogP contribution in [-0.2, 0) is 4.79 Å². The van der Waals surface area contributed by atoms with Gasteiger partial charge in [0.15, 0.2) is 0 Å². The maximum absolute atomic E-state index is 12.1. The van der Waals surface area contributed by atoms with E-state index >= 15 is 0 Å². The Balaban J connectivity index is 2.15. The predicted molar refractivity (Wildman–Crippen MR) is 77.1 cm³/mol. The molecule has 2 N–H and O–H groups in total. The number of halogens is 1. The number of aryl methyl sites for hydroxylation is 1. The molecule has 1 aliphatic heterocycles. The maximum Gasteiger partial charge on any atom is 0.288 e. The molecule has 1 saturated heterocycles. The molecule has 1 aromatic carbocycles. The van der Waals surface area contributed by atoms with Crippen LogP contribution in [0.4, 0.5) is 11.4 Å². The zero-order valence-electron chi connectivity index (χ0n) is 11.1. The topological polar surface area (TPSA) is 84.3 Å². The van der Waals surface area contributed by atoms with Gasteiger partial charge in [-0.1, -0.05) is 18.0 Å². The lowest BCUT2D eigenvalue weighted by molar-refractivity contribution is -0.384. The monoisotopic (exact) mass is 297 g/mol. The van der Waals surface area contributed by atoms with Gasteiger partial charge < -0.3 is 10.6 Å². The quantitative estimate of drug-likeness (QED) is 0.663. The molecule has 0 aliphatic carbocycles. The van der Waals surface area contributed by atoms with Crippen LogP contribution < -0.4 is 10.6 Å². The molecule has 1 aromatic rings. The van der Waals surface area contributed by atoms with Gasteiger partial charge in [-0.15, -0.1) is 0 Å². The van der Waals surface area contributed by atoms with Gasteiger partial charge in [0, 0.05) is 11.8 Å². The van der Waals surface area contributed by atoms with E-state index in [1.54, 1.807) is 6.92 Å². The van der Waals surface area contributed by atoms with Crippen LogP contribution in [0.15, 0.2) is 12.1 Å². The van der Waals surface area contributed by atoms with Gasteiger partial charge in [-0.2, -0.15) is 0 Å². The number of rotatable bonds is 3. The molecule has 0 spiro atoms. The summed E-state index contributed by atoms with van der Waals surface area (Å²) in [6.45, 7) is 2.53. The first kappa shape index (κ1) is 14.7. The van der Waals surface area contributed by atoms with Gasteiger partial charge in [-0.25, -0.2) is 0 Å². The fourth-order valence-corrected chi connectivity index (χ4v) is 2.47. The van der Waals surface area contributed by atoms with Crippen LogP contribution in [0, 0.1) is 17.0 Å². The maximum atomic E-state index is 12.1.